The van der Waals surface area contributed by atoms with Crippen molar-refractivity contribution in [2.45, 2.75) is 13.5 Å². The number of aryl methyl sites for hydroxylation is 1. The van der Waals surface area contributed by atoms with Crippen LogP contribution in [-0.2, 0) is 6.54 Å². The van der Waals surface area contributed by atoms with Crippen LogP contribution in [0.15, 0.2) is 39.9 Å². The second-order valence-corrected chi connectivity index (χ2v) is 3.87. The highest BCUT2D eigenvalue weighted by molar-refractivity contribution is 5.22. The van der Waals surface area contributed by atoms with Crippen LogP contribution in [0.5, 0.6) is 5.88 Å². The van der Waals surface area contributed by atoms with E-state index in [2.05, 4.69) is 4.98 Å². The predicted octanol–water partition coefficient (Wildman–Crippen LogP) is 0.599. The lowest BCUT2D eigenvalue weighted by Gasteiger charge is -2.07. The summed E-state index contributed by atoms with van der Waals surface area (Å²) in [5.41, 5.74) is 0.773. The topological polar surface area (TPSA) is 75.1 Å². The zero-order chi connectivity index (χ0) is 12.4. The molecular formula is C12H12N2O3. The Morgan fingerprint density at radius 1 is 1.24 bits per heavy atom. The lowest BCUT2D eigenvalue weighted by atomic mass is 10.1. The van der Waals surface area contributed by atoms with Crippen molar-refractivity contribution in [3.05, 3.63) is 62.3 Å². The third-order valence-corrected chi connectivity index (χ3v) is 2.47. The molecule has 17 heavy (non-hydrogen) atoms. The molecule has 0 aliphatic rings. The first-order valence-corrected chi connectivity index (χ1v) is 5.15. The Labute approximate surface area is 97.0 Å². The zero-order valence-electron chi connectivity index (χ0n) is 9.30. The molecular weight excluding hydrogens is 220 g/mol. The molecule has 0 aliphatic carbocycles. The van der Waals surface area contributed by atoms with Crippen molar-refractivity contribution in [3.63, 3.8) is 0 Å². The second-order valence-electron chi connectivity index (χ2n) is 3.87. The number of rotatable bonds is 2. The fraction of sp³-hybridized carbons (Fsp3) is 0.167. The van der Waals surface area contributed by atoms with E-state index in [4.69, 9.17) is 0 Å². The minimum Gasteiger partial charge on any atom is -0.494 e. The van der Waals surface area contributed by atoms with Crippen LogP contribution < -0.4 is 11.2 Å². The molecule has 0 saturated carbocycles. The summed E-state index contributed by atoms with van der Waals surface area (Å²) in [4.78, 5) is 24.5. The zero-order valence-corrected chi connectivity index (χ0v) is 9.30. The van der Waals surface area contributed by atoms with Gasteiger partial charge in [0.15, 0.2) is 0 Å². The Kier molecular flexibility index (Phi) is 2.82. The maximum absolute atomic E-state index is 11.5. The molecule has 0 saturated heterocycles. The van der Waals surface area contributed by atoms with E-state index in [1.165, 1.54) is 0 Å². The average molecular weight is 232 g/mol. The van der Waals surface area contributed by atoms with Gasteiger partial charge in [0.05, 0.1) is 12.6 Å². The van der Waals surface area contributed by atoms with Gasteiger partial charge in [-0.2, -0.15) is 0 Å². The highest BCUT2D eigenvalue weighted by Gasteiger charge is 2.04. The highest BCUT2D eigenvalue weighted by Crippen LogP contribution is 2.08. The van der Waals surface area contributed by atoms with E-state index in [-0.39, 0.29) is 12.4 Å². The van der Waals surface area contributed by atoms with Gasteiger partial charge in [0, 0.05) is 0 Å². The van der Waals surface area contributed by atoms with Crippen LogP contribution in [0.3, 0.4) is 0 Å². The van der Waals surface area contributed by atoms with E-state index in [9.17, 15) is 14.7 Å². The number of hydrogen-bond acceptors (Lipinski definition) is 3. The Balaban J connectivity index is 2.40. The van der Waals surface area contributed by atoms with Crippen LogP contribution >= 0.6 is 0 Å². The molecule has 0 spiro atoms. The molecule has 0 radical (unpaired) electrons. The van der Waals surface area contributed by atoms with Gasteiger partial charge in [-0.3, -0.25) is 14.3 Å². The maximum atomic E-state index is 11.5. The first-order chi connectivity index (χ1) is 8.06. The van der Waals surface area contributed by atoms with Crippen molar-refractivity contribution in [2.75, 3.05) is 0 Å². The number of benzene rings is 1. The summed E-state index contributed by atoms with van der Waals surface area (Å²) in [6.45, 7) is 2.19. The summed E-state index contributed by atoms with van der Waals surface area (Å²) >= 11 is 0. The van der Waals surface area contributed by atoms with Gasteiger partial charge in [-0.05, 0) is 12.5 Å². The average Bonchev–Trinajstić information content (AvgIpc) is 2.26. The van der Waals surface area contributed by atoms with Gasteiger partial charge in [-0.1, -0.05) is 29.8 Å². The van der Waals surface area contributed by atoms with Gasteiger partial charge in [-0.15, -0.1) is 0 Å². The molecule has 1 aromatic carbocycles. The van der Waals surface area contributed by atoms with Gasteiger partial charge >= 0.3 is 5.69 Å². The summed E-state index contributed by atoms with van der Waals surface area (Å²) in [6, 6.07) is 8.56. The first-order valence-electron chi connectivity index (χ1n) is 5.15. The highest BCUT2D eigenvalue weighted by atomic mass is 16.3. The van der Waals surface area contributed by atoms with E-state index >= 15 is 0 Å². The molecule has 2 aromatic rings. The standard InChI is InChI=1S/C12H12N2O3/c1-8-2-4-9(5-3-8)7-14-11(16)6-10(15)13-12(14)17/h2-6,16H,7H2,1H3,(H,13,15,17). The van der Waals surface area contributed by atoms with Crippen molar-refractivity contribution in [2.24, 2.45) is 0 Å². The molecule has 0 fully saturated rings. The Morgan fingerprint density at radius 3 is 2.47 bits per heavy atom. The number of hydrogen-bond donors (Lipinski definition) is 2. The third-order valence-electron chi connectivity index (χ3n) is 2.47. The van der Waals surface area contributed by atoms with Crippen LogP contribution in [0.25, 0.3) is 0 Å². The molecule has 1 aromatic heterocycles. The third kappa shape index (κ3) is 2.44. The molecule has 0 bridgehead atoms. The predicted molar refractivity (Wildman–Crippen MR) is 63.3 cm³/mol. The van der Waals surface area contributed by atoms with E-state index < -0.39 is 11.2 Å². The number of aromatic amines is 1. The van der Waals surface area contributed by atoms with Gasteiger partial charge in [0.2, 0.25) is 5.88 Å². The fourth-order valence-electron chi connectivity index (χ4n) is 1.54. The second kappa shape index (κ2) is 4.29. The van der Waals surface area contributed by atoms with Crippen molar-refractivity contribution in [1.29, 1.82) is 0 Å². The smallest absolute Gasteiger partial charge is 0.331 e. The van der Waals surface area contributed by atoms with Crippen LogP contribution in [0, 0.1) is 6.92 Å². The molecule has 2 N–H and O–H groups in total. The molecule has 0 unspecified atom stereocenters. The largest absolute Gasteiger partial charge is 0.494 e. The van der Waals surface area contributed by atoms with Crippen LogP contribution in [-0.4, -0.2) is 14.7 Å². The van der Waals surface area contributed by atoms with Crippen molar-refractivity contribution in [1.82, 2.24) is 9.55 Å². The van der Waals surface area contributed by atoms with E-state index in [1.807, 2.05) is 31.2 Å². The minimum absolute atomic E-state index is 0.224. The monoisotopic (exact) mass is 232 g/mol. The first kappa shape index (κ1) is 11.2. The SMILES string of the molecule is Cc1ccc(Cn2c(O)cc(=O)[nH]c2=O)cc1. The van der Waals surface area contributed by atoms with E-state index in [1.54, 1.807) is 0 Å². The quantitative estimate of drug-likeness (QED) is 0.796. The number of aromatic nitrogens is 2. The van der Waals surface area contributed by atoms with Gasteiger partial charge in [0.25, 0.3) is 5.56 Å². The van der Waals surface area contributed by atoms with Crippen LogP contribution in [0.1, 0.15) is 11.1 Å². The summed E-state index contributed by atoms with van der Waals surface area (Å²) in [7, 11) is 0. The van der Waals surface area contributed by atoms with Crippen LogP contribution in [0.4, 0.5) is 0 Å². The molecule has 0 amide bonds. The summed E-state index contributed by atoms with van der Waals surface area (Å²) < 4.78 is 1.10. The molecule has 2 rings (SSSR count). The van der Waals surface area contributed by atoms with Crippen molar-refractivity contribution in [3.8, 4) is 5.88 Å². The Hall–Kier alpha value is -2.30. The molecule has 5 heteroatoms. The molecule has 88 valence electrons. The lowest BCUT2D eigenvalue weighted by Crippen LogP contribution is -2.29. The Morgan fingerprint density at radius 2 is 1.88 bits per heavy atom. The van der Waals surface area contributed by atoms with E-state index in [0.29, 0.717) is 0 Å². The molecule has 0 aliphatic heterocycles. The molecule has 1 heterocycles. The van der Waals surface area contributed by atoms with Gasteiger partial charge < -0.3 is 5.11 Å². The maximum Gasteiger partial charge on any atom is 0.331 e. The van der Waals surface area contributed by atoms with Crippen molar-refractivity contribution < 1.29 is 5.11 Å². The summed E-state index contributed by atoms with van der Waals surface area (Å²) in [6.07, 6.45) is 0. The summed E-state index contributed by atoms with van der Waals surface area (Å²) in [5, 5.41) is 9.53. The Bertz CT molecular complexity index is 638. The molecule has 0 atom stereocenters. The lowest BCUT2D eigenvalue weighted by molar-refractivity contribution is 0.409. The fourth-order valence-corrected chi connectivity index (χ4v) is 1.54. The van der Waals surface area contributed by atoms with E-state index in [0.717, 1.165) is 21.8 Å². The number of nitrogens with zero attached hydrogens (tertiary/aromatic N) is 1. The van der Waals surface area contributed by atoms with Crippen molar-refractivity contribution >= 4 is 0 Å². The van der Waals surface area contributed by atoms with Gasteiger partial charge in [-0.25, -0.2) is 4.79 Å². The minimum atomic E-state index is -0.615. The van der Waals surface area contributed by atoms with Gasteiger partial charge in [0.1, 0.15) is 0 Å². The number of H-pyrrole nitrogens is 1. The molecule has 5 nitrogen and oxygen atoms in total. The number of nitrogens with one attached hydrogen (secondary N) is 1. The number of aromatic hydroxyl groups is 1. The normalized spacial score (nSPS) is 10.4. The van der Waals surface area contributed by atoms with Crippen LogP contribution in [0.2, 0.25) is 0 Å². The summed E-state index contributed by atoms with van der Waals surface area (Å²) in [5.74, 6) is -0.334.